The summed E-state index contributed by atoms with van der Waals surface area (Å²) in [5.74, 6) is 0.109. The van der Waals surface area contributed by atoms with Crippen LogP contribution in [0.4, 0.5) is 10.2 Å². The van der Waals surface area contributed by atoms with Gasteiger partial charge in [-0.25, -0.2) is 23.7 Å². The van der Waals surface area contributed by atoms with Crippen LogP contribution >= 0.6 is 0 Å². The molecular formula is C41H42FN9O3. The molecule has 1 N–H and O–H groups in total. The highest BCUT2D eigenvalue weighted by Crippen LogP contribution is 2.29. The molecule has 0 unspecified atom stereocenters. The maximum atomic E-state index is 14.6. The van der Waals surface area contributed by atoms with E-state index in [2.05, 4.69) is 60.5 Å². The summed E-state index contributed by atoms with van der Waals surface area (Å²) in [5, 5.41) is 7.36. The van der Waals surface area contributed by atoms with Gasteiger partial charge in [0, 0.05) is 63.7 Å². The molecule has 6 aromatic rings. The zero-order valence-corrected chi connectivity index (χ0v) is 30.4. The number of amides is 1. The second kappa shape index (κ2) is 14.8. The molecule has 2 aliphatic rings. The number of nitrogens with one attached hydrogen (secondary N) is 1. The van der Waals surface area contributed by atoms with Crippen LogP contribution in [0.1, 0.15) is 53.5 Å². The lowest BCUT2D eigenvalue weighted by Gasteiger charge is -2.35. The standard InChI is InChI=1S/C41H42FN9O3/c1-27-22-36(46-47(27)2)39(52)45-32-13-15-33(16-14-32)51-40(53)35-24-31(42)25-44-38(35)50(41(51)54)34-7-5-6-30(23-34)29-11-9-28(10-12-29)26-48-18-20-49(21-19-48)37-8-3-4-17-43-37/h3-12,17,22-25,32-33H,13-16,18-21,26H2,1-2H3,(H,45,52). The Morgan fingerprint density at radius 1 is 0.870 bits per heavy atom. The first-order valence-electron chi connectivity index (χ1n) is 18.4. The van der Waals surface area contributed by atoms with Crippen LogP contribution in [-0.2, 0) is 13.6 Å². The second-order valence-corrected chi connectivity index (χ2v) is 14.3. The second-order valence-electron chi connectivity index (χ2n) is 14.3. The molecule has 0 spiro atoms. The maximum Gasteiger partial charge on any atom is 0.337 e. The third-order valence-corrected chi connectivity index (χ3v) is 10.8. The highest BCUT2D eigenvalue weighted by atomic mass is 19.1. The number of benzene rings is 2. The van der Waals surface area contributed by atoms with Gasteiger partial charge in [-0.1, -0.05) is 42.5 Å². The molecular weight excluding hydrogens is 686 g/mol. The van der Waals surface area contributed by atoms with Gasteiger partial charge in [-0.2, -0.15) is 5.10 Å². The van der Waals surface area contributed by atoms with Crippen LogP contribution in [0.5, 0.6) is 0 Å². The summed E-state index contributed by atoms with van der Waals surface area (Å²) in [7, 11) is 1.79. The molecule has 2 fully saturated rings. The van der Waals surface area contributed by atoms with Crippen molar-refractivity contribution in [1.29, 1.82) is 0 Å². The number of pyridine rings is 2. The van der Waals surface area contributed by atoms with E-state index in [1.54, 1.807) is 23.9 Å². The number of halogens is 1. The van der Waals surface area contributed by atoms with E-state index in [1.807, 2.05) is 43.5 Å². The number of piperazine rings is 1. The zero-order chi connectivity index (χ0) is 37.3. The first-order chi connectivity index (χ1) is 26.2. The number of fused-ring (bicyclic) bond motifs is 1. The first-order valence-corrected chi connectivity index (χ1v) is 18.4. The molecule has 1 aliphatic carbocycles. The predicted octanol–water partition coefficient (Wildman–Crippen LogP) is 5.03. The van der Waals surface area contributed by atoms with Gasteiger partial charge in [0.25, 0.3) is 11.5 Å². The molecule has 0 radical (unpaired) electrons. The van der Waals surface area contributed by atoms with Crippen molar-refractivity contribution in [2.75, 3.05) is 31.1 Å². The number of aryl methyl sites for hydroxylation is 2. The van der Waals surface area contributed by atoms with Crippen molar-refractivity contribution in [2.45, 2.75) is 51.2 Å². The Bertz CT molecular complexity index is 2410. The molecule has 2 aromatic carbocycles. The van der Waals surface area contributed by atoms with Crippen molar-refractivity contribution < 1.29 is 9.18 Å². The number of aromatic nitrogens is 6. The quantitative estimate of drug-likeness (QED) is 0.232. The van der Waals surface area contributed by atoms with Crippen molar-refractivity contribution in [1.82, 2.24) is 39.1 Å². The molecule has 0 atom stereocenters. The van der Waals surface area contributed by atoms with E-state index < -0.39 is 23.1 Å². The Kier molecular flexibility index (Phi) is 9.63. The molecule has 13 heteroatoms. The third kappa shape index (κ3) is 7.06. The molecule has 5 heterocycles. The Morgan fingerprint density at radius 3 is 2.35 bits per heavy atom. The molecule has 4 aromatic heterocycles. The fraction of sp³-hybridized carbons (Fsp3) is 0.317. The Morgan fingerprint density at radius 2 is 1.65 bits per heavy atom. The minimum absolute atomic E-state index is 0.0335. The molecule has 1 saturated carbocycles. The normalized spacial score (nSPS) is 17.9. The van der Waals surface area contributed by atoms with Gasteiger partial charge >= 0.3 is 5.69 Å². The van der Waals surface area contributed by atoms with Crippen molar-refractivity contribution >= 4 is 22.8 Å². The summed E-state index contributed by atoms with van der Waals surface area (Å²) < 4.78 is 18.9. The van der Waals surface area contributed by atoms with E-state index in [0.717, 1.165) is 67.6 Å². The van der Waals surface area contributed by atoms with Crippen LogP contribution in [0.2, 0.25) is 0 Å². The van der Waals surface area contributed by atoms with Crippen molar-refractivity contribution in [2.24, 2.45) is 7.05 Å². The average molecular weight is 728 g/mol. The van der Waals surface area contributed by atoms with Gasteiger partial charge in [-0.3, -0.25) is 23.7 Å². The summed E-state index contributed by atoms with van der Waals surface area (Å²) >= 11 is 0. The number of carbonyl (C=O) groups excluding carboxylic acids is 1. The molecule has 8 rings (SSSR count). The number of anilines is 1. The first kappa shape index (κ1) is 35.1. The van der Waals surface area contributed by atoms with E-state index in [0.29, 0.717) is 37.1 Å². The van der Waals surface area contributed by atoms with Gasteiger partial charge in [0.1, 0.15) is 17.3 Å². The number of rotatable bonds is 8. The van der Waals surface area contributed by atoms with Crippen LogP contribution < -0.4 is 21.5 Å². The lowest BCUT2D eigenvalue weighted by Crippen LogP contribution is -2.46. The Labute approximate surface area is 311 Å². The Balaban J connectivity index is 1.01. The average Bonchev–Trinajstić information content (AvgIpc) is 3.54. The predicted molar refractivity (Wildman–Crippen MR) is 205 cm³/mol. The molecule has 54 heavy (non-hydrogen) atoms. The summed E-state index contributed by atoms with van der Waals surface area (Å²) in [5.41, 5.74) is 3.84. The van der Waals surface area contributed by atoms with E-state index in [-0.39, 0.29) is 23.0 Å². The van der Waals surface area contributed by atoms with E-state index >= 15 is 0 Å². The number of hydrogen-bond donors (Lipinski definition) is 1. The van der Waals surface area contributed by atoms with Gasteiger partial charge in [0.2, 0.25) is 0 Å². The largest absolute Gasteiger partial charge is 0.354 e. The number of hydrogen-bond acceptors (Lipinski definition) is 8. The lowest BCUT2D eigenvalue weighted by atomic mass is 9.90. The van der Waals surface area contributed by atoms with Crippen molar-refractivity contribution in [3.8, 4) is 16.8 Å². The van der Waals surface area contributed by atoms with Crippen molar-refractivity contribution in [3.05, 3.63) is 135 Å². The SMILES string of the molecule is Cc1cc(C(=O)NC2CCC(n3c(=O)c4cc(F)cnc4n(-c4cccc(-c5ccc(CN6CCN(c7ccccn7)CC6)cc5)c4)c3=O)CC2)nn1C. The van der Waals surface area contributed by atoms with Gasteiger partial charge in [-0.15, -0.1) is 0 Å². The number of nitrogens with zero attached hydrogens (tertiary/aromatic N) is 8. The fourth-order valence-corrected chi connectivity index (χ4v) is 7.71. The maximum absolute atomic E-state index is 14.6. The van der Waals surface area contributed by atoms with Crippen LogP contribution in [0.3, 0.4) is 0 Å². The van der Waals surface area contributed by atoms with Gasteiger partial charge in [-0.05, 0) is 85.7 Å². The third-order valence-electron chi connectivity index (χ3n) is 10.8. The topological polar surface area (TPSA) is 123 Å². The lowest BCUT2D eigenvalue weighted by molar-refractivity contribution is 0.0916. The van der Waals surface area contributed by atoms with Crippen LogP contribution in [0, 0.1) is 12.7 Å². The molecule has 1 saturated heterocycles. The Hall–Kier alpha value is -5.95. The molecule has 1 aliphatic heterocycles. The summed E-state index contributed by atoms with van der Waals surface area (Å²) in [6, 6.07) is 24.3. The van der Waals surface area contributed by atoms with Gasteiger partial charge in [0.05, 0.1) is 17.3 Å². The summed E-state index contributed by atoms with van der Waals surface area (Å²) in [6.07, 6.45) is 4.98. The zero-order valence-electron chi connectivity index (χ0n) is 30.4. The van der Waals surface area contributed by atoms with Crippen LogP contribution in [0.25, 0.3) is 27.8 Å². The number of carbonyl (C=O) groups is 1. The van der Waals surface area contributed by atoms with Gasteiger partial charge < -0.3 is 10.2 Å². The van der Waals surface area contributed by atoms with Crippen molar-refractivity contribution in [3.63, 3.8) is 0 Å². The smallest absolute Gasteiger partial charge is 0.337 e. The van der Waals surface area contributed by atoms with Crippen LogP contribution in [0.15, 0.2) is 101 Å². The summed E-state index contributed by atoms with van der Waals surface area (Å²) in [4.78, 5) is 54.6. The minimum atomic E-state index is -0.656. The summed E-state index contributed by atoms with van der Waals surface area (Å²) in [6.45, 7) is 6.49. The molecule has 12 nitrogen and oxygen atoms in total. The monoisotopic (exact) mass is 727 g/mol. The highest BCUT2D eigenvalue weighted by Gasteiger charge is 2.29. The van der Waals surface area contributed by atoms with Crippen LogP contribution in [-0.4, -0.2) is 71.9 Å². The van der Waals surface area contributed by atoms with E-state index in [4.69, 9.17) is 0 Å². The van der Waals surface area contributed by atoms with Gasteiger partial charge in [0.15, 0.2) is 5.65 Å². The molecule has 276 valence electrons. The minimum Gasteiger partial charge on any atom is -0.354 e. The molecule has 0 bridgehead atoms. The molecule has 1 amide bonds. The van der Waals surface area contributed by atoms with E-state index in [1.165, 1.54) is 14.7 Å². The fourth-order valence-electron chi connectivity index (χ4n) is 7.71. The van der Waals surface area contributed by atoms with E-state index in [9.17, 15) is 18.8 Å². The highest BCUT2D eigenvalue weighted by molar-refractivity contribution is 5.92.